The molecule has 0 unspecified atom stereocenters. The SMILES string of the molecule is CC[C@@H](C)NC(=O)NC(=O)COC(=O)c1nc(-c2ccccc2)oc1C. The second kappa shape index (κ2) is 8.80. The summed E-state index contributed by atoms with van der Waals surface area (Å²) in [5.41, 5.74) is 0.704. The van der Waals surface area contributed by atoms with Crippen LogP contribution in [-0.2, 0) is 9.53 Å². The maximum absolute atomic E-state index is 12.1. The average Bonchev–Trinajstić information content (AvgIpc) is 3.02. The number of oxazole rings is 1. The number of carbonyl (C=O) groups excluding carboxylic acids is 3. The normalized spacial score (nSPS) is 11.5. The van der Waals surface area contributed by atoms with Crippen molar-refractivity contribution in [3.05, 3.63) is 41.8 Å². The molecule has 8 heteroatoms. The maximum atomic E-state index is 12.1. The lowest BCUT2D eigenvalue weighted by molar-refractivity contribution is -0.123. The minimum Gasteiger partial charge on any atom is -0.451 e. The fourth-order valence-corrected chi connectivity index (χ4v) is 2.01. The molecule has 1 aromatic heterocycles. The van der Waals surface area contributed by atoms with Crippen LogP contribution in [0.3, 0.4) is 0 Å². The lowest BCUT2D eigenvalue weighted by Gasteiger charge is -2.11. The van der Waals surface area contributed by atoms with Gasteiger partial charge in [-0.2, -0.15) is 0 Å². The number of imide groups is 1. The molecule has 0 fully saturated rings. The molecule has 1 aromatic carbocycles. The van der Waals surface area contributed by atoms with Crippen molar-refractivity contribution in [2.45, 2.75) is 33.2 Å². The van der Waals surface area contributed by atoms with Gasteiger partial charge in [-0.15, -0.1) is 0 Å². The number of ether oxygens (including phenoxy) is 1. The molecule has 2 N–H and O–H groups in total. The first-order chi connectivity index (χ1) is 12.4. The second-order valence-electron chi connectivity index (χ2n) is 5.70. The molecule has 0 radical (unpaired) electrons. The van der Waals surface area contributed by atoms with Gasteiger partial charge in [-0.25, -0.2) is 14.6 Å². The summed E-state index contributed by atoms with van der Waals surface area (Å²) >= 11 is 0. The molecule has 0 saturated carbocycles. The Morgan fingerprint density at radius 2 is 1.92 bits per heavy atom. The molecule has 0 spiro atoms. The van der Waals surface area contributed by atoms with Crippen LogP contribution in [0.2, 0.25) is 0 Å². The van der Waals surface area contributed by atoms with Gasteiger partial charge in [0.2, 0.25) is 5.89 Å². The van der Waals surface area contributed by atoms with Crippen molar-refractivity contribution in [2.24, 2.45) is 0 Å². The van der Waals surface area contributed by atoms with Gasteiger partial charge in [0, 0.05) is 11.6 Å². The Bertz CT molecular complexity index is 785. The molecule has 3 amide bonds. The van der Waals surface area contributed by atoms with Crippen LogP contribution >= 0.6 is 0 Å². The van der Waals surface area contributed by atoms with E-state index in [2.05, 4.69) is 15.6 Å². The van der Waals surface area contributed by atoms with Gasteiger partial charge in [0.15, 0.2) is 12.3 Å². The quantitative estimate of drug-likeness (QED) is 0.767. The molecule has 138 valence electrons. The summed E-state index contributed by atoms with van der Waals surface area (Å²) in [5.74, 6) is -0.967. The molecule has 0 aliphatic rings. The summed E-state index contributed by atoms with van der Waals surface area (Å²) < 4.78 is 10.4. The highest BCUT2D eigenvalue weighted by atomic mass is 16.5. The van der Waals surface area contributed by atoms with Gasteiger partial charge in [-0.1, -0.05) is 25.1 Å². The summed E-state index contributed by atoms with van der Waals surface area (Å²) in [6, 6.07) is 8.38. The van der Waals surface area contributed by atoms with Gasteiger partial charge in [0.1, 0.15) is 5.76 Å². The first-order valence-electron chi connectivity index (χ1n) is 8.21. The average molecular weight is 359 g/mol. The molecular weight excluding hydrogens is 338 g/mol. The number of aromatic nitrogens is 1. The van der Waals surface area contributed by atoms with Crippen LogP contribution in [-0.4, -0.2) is 35.5 Å². The third-order valence-corrected chi connectivity index (χ3v) is 3.59. The Balaban J connectivity index is 1.91. The monoisotopic (exact) mass is 359 g/mol. The summed E-state index contributed by atoms with van der Waals surface area (Å²) in [6.45, 7) is 4.69. The van der Waals surface area contributed by atoms with Gasteiger partial charge in [-0.05, 0) is 32.4 Å². The topological polar surface area (TPSA) is 111 Å². The van der Waals surface area contributed by atoms with Gasteiger partial charge >= 0.3 is 12.0 Å². The van der Waals surface area contributed by atoms with Gasteiger partial charge < -0.3 is 14.5 Å². The van der Waals surface area contributed by atoms with Gasteiger partial charge in [0.25, 0.3) is 5.91 Å². The van der Waals surface area contributed by atoms with E-state index < -0.39 is 24.5 Å². The molecule has 0 aliphatic carbocycles. The fraction of sp³-hybridized carbons (Fsp3) is 0.333. The van der Waals surface area contributed by atoms with Crippen molar-refractivity contribution in [3.8, 4) is 11.5 Å². The number of rotatable bonds is 6. The third kappa shape index (κ3) is 5.17. The second-order valence-corrected chi connectivity index (χ2v) is 5.70. The van der Waals surface area contributed by atoms with Crippen LogP contribution in [0, 0.1) is 6.92 Å². The van der Waals surface area contributed by atoms with Crippen LogP contribution in [0.4, 0.5) is 4.79 Å². The number of esters is 1. The molecule has 26 heavy (non-hydrogen) atoms. The van der Waals surface area contributed by atoms with Crippen molar-refractivity contribution >= 4 is 17.9 Å². The Kier molecular flexibility index (Phi) is 6.48. The van der Waals surface area contributed by atoms with Crippen LogP contribution in [0.25, 0.3) is 11.5 Å². The standard InChI is InChI=1S/C18H21N3O5/c1-4-11(2)19-18(24)20-14(22)10-25-17(23)15-12(3)26-16(21-15)13-8-6-5-7-9-13/h5-9,11H,4,10H2,1-3H3,(H2,19,20,22,24)/t11-/m1/s1. The smallest absolute Gasteiger partial charge is 0.361 e. The van der Waals surface area contributed by atoms with Crippen molar-refractivity contribution in [2.75, 3.05) is 6.61 Å². The Morgan fingerprint density at radius 1 is 1.23 bits per heavy atom. The minimum absolute atomic E-state index is 0.0132. The van der Waals surface area contributed by atoms with Crippen molar-refractivity contribution in [3.63, 3.8) is 0 Å². The fourth-order valence-electron chi connectivity index (χ4n) is 2.01. The summed E-state index contributed by atoms with van der Waals surface area (Å²) in [4.78, 5) is 39.4. The zero-order valence-corrected chi connectivity index (χ0v) is 14.9. The molecule has 1 atom stereocenters. The third-order valence-electron chi connectivity index (χ3n) is 3.59. The van der Waals surface area contributed by atoms with Gasteiger partial charge in [0.05, 0.1) is 0 Å². The molecule has 2 aromatic rings. The Morgan fingerprint density at radius 3 is 2.58 bits per heavy atom. The number of aryl methyl sites for hydroxylation is 1. The highest BCUT2D eigenvalue weighted by Crippen LogP contribution is 2.21. The van der Waals surface area contributed by atoms with E-state index in [1.54, 1.807) is 19.1 Å². The van der Waals surface area contributed by atoms with Crippen molar-refractivity contribution in [1.29, 1.82) is 0 Å². The highest BCUT2D eigenvalue weighted by molar-refractivity contribution is 5.97. The number of amides is 3. The lowest BCUT2D eigenvalue weighted by atomic mass is 10.2. The Labute approximate surface area is 150 Å². The van der Waals surface area contributed by atoms with E-state index in [1.165, 1.54) is 0 Å². The van der Waals surface area contributed by atoms with E-state index in [0.717, 1.165) is 6.42 Å². The first-order valence-corrected chi connectivity index (χ1v) is 8.21. The van der Waals surface area contributed by atoms with E-state index in [4.69, 9.17) is 9.15 Å². The van der Waals surface area contributed by atoms with E-state index in [0.29, 0.717) is 5.56 Å². The number of hydrogen-bond donors (Lipinski definition) is 2. The zero-order valence-electron chi connectivity index (χ0n) is 14.9. The predicted octanol–water partition coefficient (Wildman–Crippen LogP) is 2.43. The van der Waals surface area contributed by atoms with E-state index in [1.807, 2.05) is 32.0 Å². The number of nitrogens with zero attached hydrogens (tertiary/aromatic N) is 1. The highest BCUT2D eigenvalue weighted by Gasteiger charge is 2.21. The van der Waals surface area contributed by atoms with Crippen molar-refractivity contribution in [1.82, 2.24) is 15.6 Å². The number of benzene rings is 1. The van der Waals surface area contributed by atoms with Crippen LogP contribution < -0.4 is 10.6 Å². The first kappa shape index (κ1) is 19.2. The molecule has 1 heterocycles. The number of urea groups is 1. The van der Waals surface area contributed by atoms with Crippen LogP contribution in [0.5, 0.6) is 0 Å². The summed E-state index contributed by atoms with van der Waals surface area (Å²) in [5, 5.41) is 4.66. The van der Waals surface area contributed by atoms with Crippen LogP contribution in [0.15, 0.2) is 34.7 Å². The number of carbonyl (C=O) groups is 3. The molecule has 0 aliphatic heterocycles. The van der Waals surface area contributed by atoms with E-state index >= 15 is 0 Å². The largest absolute Gasteiger partial charge is 0.451 e. The zero-order chi connectivity index (χ0) is 19.1. The van der Waals surface area contributed by atoms with E-state index in [-0.39, 0.29) is 23.4 Å². The molecular formula is C18H21N3O5. The van der Waals surface area contributed by atoms with Gasteiger partial charge in [-0.3, -0.25) is 10.1 Å². The Hall–Kier alpha value is -3.16. The minimum atomic E-state index is -0.800. The van der Waals surface area contributed by atoms with Crippen molar-refractivity contribution < 1.29 is 23.5 Å². The molecule has 8 nitrogen and oxygen atoms in total. The molecule has 0 saturated heterocycles. The number of hydrogen-bond acceptors (Lipinski definition) is 6. The van der Waals surface area contributed by atoms with Crippen LogP contribution in [0.1, 0.15) is 36.5 Å². The summed E-state index contributed by atoms with van der Waals surface area (Å²) in [7, 11) is 0. The number of nitrogens with one attached hydrogen (secondary N) is 2. The maximum Gasteiger partial charge on any atom is 0.361 e. The molecule has 2 rings (SSSR count). The summed E-state index contributed by atoms with van der Waals surface area (Å²) in [6.07, 6.45) is 0.728. The van der Waals surface area contributed by atoms with E-state index in [9.17, 15) is 14.4 Å². The predicted molar refractivity (Wildman–Crippen MR) is 93.4 cm³/mol. The molecule has 0 bridgehead atoms. The lowest BCUT2D eigenvalue weighted by Crippen LogP contribution is -2.44.